The molecule has 0 bridgehead atoms. The van der Waals surface area contributed by atoms with Crippen molar-refractivity contribution in [1.29, 1.82) is 5.41 Å². The second kappa shape index (κ2) is 5.86. The van der Waals surface area contributed by atoms with E-state index in [2.05, 4.69) is 26.3 Å². The standard InChI is InChI=1S/C12H15NO/c1-5-9(6-2)10(7-3)12(14)11(13)8-4/h5-10,13H,1-4H2. The predicted molar refractivity (Wildman–Crippen MR) is 60.5 cm³/mol. The summed E-state index contributed by atoms with van der Waals surface area (Å²) in [6, 6.07) is 0. The van der Waals surface area contributed by atoms with Crippen LogP contribution in [0.5, 0.6) is 0 Å². The van der Waals surface area contributed by atoms with E-state index in [0.717, 1.165) is 0 Å². The molecule has 74 valence electrons. The van der Waals surface area contributed by atoms with Gasteiger partial charge < -0.3 is 0 Å². The molecule has 0 aliphatic rings. The van der Waals surface area contributed by atoms with E-state index >= 15 is 0 Å². The average Bonchev–Trinajstić information content (AvgIpc) is 2.23. The van der Waals surface area contributed by atoms with Crippen molar-refractivity contribution in [3.8, 4) is 0 Å². The quantitative estimate of drug-likeness (QED) is 0.485. The Bertz CT molecular complexity index is 281. The van der Waals surface area contributed by atoms with Crippen LogP contribution in [-0.4, -0.2) is 11.5 Å². The summed E-state index contributed by atoms with van der Waals surface area (Å²) in [6.45, 7) is 14.1. The maximum atomic E-state index is 11.6. The number of rotatable bonds is 7. The van der Waals surface area contributed by atoms with E-state index in [4.69, 9.17) is 5.41 Å². The van der Waals surface area contributed by atoms with Gasteiger partial charge in [0.2, 0.25) is 0 Å². The van der Waals surface area contributed by atoms with Crippen LogP contribution in [0.4, 0.5) is 0 Å². The number of ketones is 1. The van der Waals surface area contributed by atoms with Crippen LogP contribution in [0.3, 0.4) is 0 Å². The number of hydrogen-bond acceptors (Lipinski definition) is 2. The fraction of sp³-hybridized carbons (Fsp3) is 0.167. The summed E-state index contributed by atoms with van der Waals surface area (Å²) >= 11 is 0. The van der Waals surface area contributed by atoms with Crippen molar-refractivity contribution in [3.63, 3.8) is 0 Å². The van der Waals surface area contributed by atoms with Gasteiger partial charge in [0.15, 0.2) is 5.78 Å². The van der Waals surface area contributed by atoms with Gasteiger partial charge in [-0.05, 0) is 6.08 Å². The Hall–Kier alpha value is -1.70. The molecule has 2 nitrogen and oxygen atoms in total. The Labute approximate surface area is 84.8 Å². The fourth-order valence-electron chi connectivity index (χ4n) is 1.11. The highest BCUT2D eigenvalue weighted by Gasteiger charge is 2.22. The zero-order chi connectivity index (χ0) is 11.1. The lowest BCUT2D eigenvalue weighted by Crippen LogP contribution is -2.25. The topological polar surface area (TPSA) is 40.9 Å². The van der Waals surface area contributed by atoms with Crippen LogP contribution in [0.1, 0.15) is 0 Å². The van der Waals surface area contributed by atoms with E-state index in [-0.39, 0.29) is 17.4 Å². The van der Waals surface area contributed by atoms with Gasteiger partial charge in [0.25, 0.3) is 0 Å². The van der Waals surface area contributed by atoms with Crippen LogP contribution in [0.15, 0.2) is 50.6 Å². The molecule has 0 aromatic rings. The molecule has 0 aliphatic carbocycles. The zero-order valence-electron chi connectivity index (χ0n) is 8.20. The molecule has 1 N–H and O–H groups in total. The third-order valence-corrected chi connectivity index (χ3v) is 1.99. The molecular weight excluding hydrogens is 174 g/mol. The highest BCUT2D eigenvalue weighted by Crippen LogP contribution is 2.17. The summed E-state index contributed by atoms with van der Waals surface area (Å²) in [5, 5.41) is 7.34. The first-order valence-corrected chi connectivity index (χ1v) is 4.25. The van der Waals surface area contributed by atoms with E-state index in [0.29, 0.717) is 0 Å². The minimum absolute atomic E-state index is 0.108. The average molecular weight is 189 g/mol. The summed E-state index contributed by atoms with van der Waals surface area (Å²) in [5.74, 6) is -0.949. The Morgan fingerprint density at radius 1 is 1.07 bits per heavy atom. The molecule has 1 unspecified atom stereocenters. The maximum absolute atomic E-state index is 11.6. The van der Waals surface area contributed by atoms with Gasteiger partial charge in [0, 0.05) is 5.92 Å². The van der Waals surface area contributed by atoms with E-state index in [9.17, 15) is 4.79 Å². The molecule has 0 amide bonds. The third kappa shape index (κ3) is 2.66. The first-order valence-electron chi connectivity index (χ1n) is 4.25. The van der Waals surface area contributed by atoms with E-state index in [1.54, 1.807) is 12.2 Å². The molecule has 0 aromatic carbocycles. The summed E-state index contributed by atoms with van der Waals surface area (Å²) in [7, 11) is 0. The first kappa shape index (κ1) is 12.3. The molecule has 0 radical (unpaired) electrons. The number of carbonyl (C=O) groups excluding carboxylic acids is 1. The molecule has 0 heterocycles. The van der Waals surface area contributed by atoms with E-state index in [1.807, 2.05) is 0 Å². The third-order valence-electron chi connectivity index (χ3n) is 1.99. The van der Waals surface area contributed by atoms with Crippen molar-refractivity contribution in [2.45, 2.75) is 0 Å². The van der Waals surface area contributed by atoms with Gasteiger partial charge in [-0.25, -0.2) is 0 Å². The first-order chi connectivity index (χ1) is 6.62. The molecule has 0 saturated carbocycles. The number of Topliss-reactive ketones (excluding diaryl/α,β-unsaturated/α-hetero) is 1. The van der Waals surface area contributed by atoms with Crippen molar-refractivity contribution < 1.29 is 4.79 Å². The van der Waals surface area contributed by atoms with Crippen LogP contribution in [0, 0.1) is 17.2 Å². The van der Waals surface area contributed by atoms with E-state index in [1.165, 1.54) is 12.2 Å². The van der Waals surface area contributed by atoms with Gasteiger partial charge in [0.05, 0.1) is 11.6 Å². The number of allylic oxidation sites excluding steroid dienone is 4. The van der Waals surface area contributed by atoms with Crippen molar-refractivity contribution in [2.24, 2.45) is 11.8 Å². The largest absolute Gasteiger partial charge is 0.297 e. The van der Waals surface area contributed by atoms with Crippen molar-refractivity contribution >= 4 is 11.5 Å². The van der Waals surface area contributed by atoms with Crippen molar-refractivity contribution in [1.82, 2.24) is 0 Å². The summed E-state index contributed by atoms with van der Waals surface area (Å²) in [6.07, 6.45) is 5.97. The molecule has 0 spiro atoms. The molecular formula is C12H15NO. The molecule has 0 aliphatic heterocycles. The van der Waals surface area contributed by atoms with Gasteiger partial charge in [-0.1, -0.05) is 24.8 Å². The Morgan fingerprint density at radius 2 is 1.57 bits per heavy atom. The van der Waals surface area contributed by atoms with Crippen LogP contribution >= 0.6 is 0 Å². The van der Waals surface area contributed by atoms with Gasteiger partial charge >= 0.3 is 0 Å². The molecule has 14 heavy (non-hydrogen) atoms. The van der Waals surface area contributed by atoms with Crippen LogP contribution in [-0.2, 0) is 4.79 Å². The second-order valence-electron chi connectivity index (χ2n) is 2.79. The van der Waals surface area contributed by atoms with Gasteiger partial charge in [0.1, 0.15) is 0 Å². The summed E-state index contributed by atoms with van der Waals surface area (Å²) in [4.78, 5) is 11.6. The maximum Gasteiger partial charge on any atom is 0.188 e. The summed E-state index contributed by atoms with van der Waals surface area (Å²) < 4.78 is 0. The number of hydrogen-bond donors (Lipinski definition) is 1. The lowest BCUT2D eigenvalue weighted by atomic mass is 9.87. The molecule has 0 fully saturated rings. The Morgan fingerprint density at radius 3 is 1.86 bits per heavy atom. The smallest absolute Gasteiger partial charge is 0.188 e. The van der Waals surface area contributed by atoms with E-state index < -0.39 is 5.92 Å². The molecule has 0 aromatic heterocycles. The Kier molecular flexibility index (Phi) is 5.15. The highest BCUT2D eigenvalue weighted by molar-refractivity contribution is 6.43. The SMILES string of the molecule is C=CC(=N)C(=O)C(C=C)C(C=C)C=C. The monoisotopic (exact) mass is 189 g/mol. The van der Waals surface area contributed by atoms with Crippen LogP contribution in [0.2, 0.25) is 0 Å². The minimum atomic E-state index is -0.463. The van der Waals surface area contributed by atoms with Crippen molar-refractivity contribution in [2.75, 3.05) is 0 Å². The fourth-order valence-corrected chi connectivity index (χ4v) is 1.11. The normalized spacial score (nSPS) is 11.5. The minimum Gasteiger partial charge on any atom is -0.297 e. The molecule has 0 rings (SSSR count). The number of nitrogens with one attached hydrogen (secondary N) is 1. The molecule has 2 heteroatoms. The highest BCUT2D eigenvalue weighted by atomic mass is 16.1. The van der Waals surface area contributed by atoms with Crippen LogP contribution in [0.25, 0.3) is 0 Å². The Balaban J connectivity index is 4.87. The second-order valence-corrected chi connectivity index (χ2v) is 2.79. The zero-order valence-corrected chi connectivity index (χ0v) is 8.20. The number of carbonyl (C=O) groups is 1. The summed E-state index contributed by atoms with van der Waals surface area (Å²) in [5.41, 5.74) is -0.108. The van der Waals surface area contributed by atoms with Gasteiger partial charge in [-0.2, -0.15) is 0 Å². The van der Waals surface area contributed by atoms with Crippen LogP contribution < -0.4 is 0 Å². The van der Waals surface area contributed by atoms with Gasteiger partial charge in [-0.3, -0.25) is 10.2 Å². The lowest BCUT2D eigenvalue weighted by Gasteiger charge is -2.15. The van der Waals surface area contributed by atoms with Gasteiger partial charge in [-0.15, -0.1) is 19.7 Å². The predicted octanol–water partition coefficient (Wildman–Crippen LogP) is 2.55. The molecule has 0 saturated heterocycles. The van der Waals surface area contributed by atoms with Crippen molar-refractivity contribution in [3.05, 3.63) is 50.6 Å². The molecule has 1 atom stereocenters. The lowest BCUT2D eigenvalue weighted by molar-refractivity contribution is -0.115.